The number of hydrogen-bond donors (Lipinski definition) is 2. The van der Waals surface area contributed by atoms with Crippen molar-refractivity contribution in [1.82, 2.24) is 14.9 Å². The molecule has 0 atom stereocenters. The number of carbonyl (C=O) groups is 1. The van der Waals surface area contributed by atoms with E-state index in [4.69, 9.17) is 11.6 Å². The van der Waals surface area contributed by atoms with E-state index in [1.165, 1.54) is 0 Å². The lowest BCUT2D eigenvalue weighted by atomic mass is 10.1. The smallest absolute Gasteiger partial charge is 0.259 e. The van der Waals surface area contributed by atoms with Gasteiger partial charge in [-0.05, 0) is 41.3 Å². The third-order valence-electron chi connectivity index (χ3n) is 4.08. The van der Waals surface area contributed by atoms with Gasteiger partial charge in [0, 0.05) is 31.0 Å². The van der Waals surface area contributed by atoms with Crippen LogP contribution in [0.2, 0.25) is 5.15 Å². The summed E-state index contributed by atoms with van der Waals surface area (Å²) >= 11 is 6.06. The fraction of sp³-hybridized carbons (Fsp3) is 0.118. The van der Waals surface area contributed by atoms with E-state index in [1.54, 1.807) is 42.4 Å². The Morgan fingerprint density at radius 2 is 2.08 bits per heavy atom. The Hall–Kier alpha value is -2.86. The molecule has 0 saturated carbocycles. The number of halogens is 1. The van der Waals surface area contributed by atoms with Crippen LogP contribution in [-0.2, 0) is 6.54 Å². The molecule has 24 heavy (non-hydrogen) atoms. The van der Waals surface area contributed by atoms with Gasteiger partial charge in [-0.25, -0.2) is 4.98 Å². The first-order chi connectivity index (χ1) is 11.5. The van der Waals surface area contributed by atoms with Gasteiger partial charge in [-0.3, -0.25) is 9.59 Å². The van der Waals surface area contributed by atoms with Gasteiger partial charge in [-0.15, -0.1) is 0 Å². The van der Waals surface area contributed by atoms with Crippen molar-refractivity contribution >= 4 is 39.8 Å². The quantitative estimate of drug-likeness (QED) is 0.703. The number of rotatable bonds is 2. The number of hydrogen-bond acceptors (Lipinski definition) is 4. The van der Waals surface area contributed by atoms with Gasteiger partial charge < -0.3 is 15.2 Å². The van der Waals surface area contributed by atoms with E-state index in [-0.39, 0.29) is 11.5 Å². The molecule has 4 rings (SSSR count). The van der Waals surface area contributed by atoms with Gasteiger partial charge >= 0.3 is 0 Å². The molecule has 0 spiro atoms. The van der Waals surface area contributed by atoms with Crippen molar-refractivity contribution in [2.24, 2.45) is 0 Å². The van der Waals surface area contributed by atoms with Crippen LogP contribution in [0.3, 0.4) is 0 Å². The normalized spacial score (nSPS) is 13.4. The molecule has 120 valence electrons. The third kappa shape index (κ3) is 2.32. The van der Waals surface area contributed by atoms with Crippen LogP contribution in [0, 0.1) is 0 Å². The number of nitrogens with zero attached hydrogens (tertiary/aromatic N) is 2. The van der Waals surface area contributed by atoms with Crippen molar-refractivity contribution in [3.05, 3.63) is 63.2 Å². The highest BCUT2D eigenvalue weighted by Crippen LogP contribution is 2.28. The predicted octanol–water partition coefficient (Wildman–Crippen LogP) is 2.91. The Bertz CT molecular complexity index is 1040. The molecule has 7 heteroatoms. The molecule has 0 bridgehead atoms. The van der Waals surface area contributed by atoms with Gasteiger partial charge in [-0.2, -0.15) is 0 Å². The van der Waals surface area contributed by atoms with Gasteiger partial charge in [0.15, 0.2) is 0 Å². The SMILES string of the molecule is CN1Cc2cc(Nc3nc(Cl)cc4cc[nH]c(=O)c34)ccc2C1=O. The van der Waals surface area contributed by atoms with Crippen molar-refractivity contribution in [2.75, 3.05) is 12.4 Å². The number of pyridine rings is 2. The van der Waals surface area contributed by atoms with Gasteiger partial charge in [0.25, 0.3) is 11.5 Å². The topological polar surface area (TPSA) is 78.1 Å². The minimum Gasteiger partial charge on any atom is -0.339 e. The number of aromatic amines is 1. The molecule has 2 aromatic heterocycles. The molecular weight excluding hydrogens is 328 g/mol. The molecule has 0 radical (unpaired) electrons. The first kappa shape index (κ1) is 14.7. The Morgan fingerprint density at radius 1 is 1.25 bits per heavy atom. The summed E-state index contributed by atoms with van der Waals surface area (Å²) in [5, 5.41) is 4.59. The van der Waals surface area contributed by atoms with Crippen LogP contribution in [0.4, 0.5) is 11.5 Å². The van der Waals surface area contributed by atoms with Crippen molar-refractivity contribution < 1.29 is 4.79 Å². The molecule has 1 amide bonds. The second-order valence-corrected chi connectivity index (χ2v) is 6.11. The molecule has 1 aromatic carbocycles. The van der Waals surface area contributed by atoms with Crippen LogP contribution in [0.15, 0.2) is 41.3 Å². The largest absolute Gasteiger partial charge is 0.339 e. The minimum atomic E-state index is -0.241. The van der Waals surface area contributed by atoms with Crippen molar-refractivity contribution in [2.45, 2.75) is 6.54 Å². The Balaban J connectivity index is 1.80. The molecular formula is C17H13ClN4O2. The second kappa shape index (κ2) is 5.35. The highest BCUT2D eigenvalue weighted by atomic mass is 35.5. The molecule has 0 aliphatic carbocycles. The minimum absolute atomic E-state index is 0.0133. The number of amides is 1. The van der Waals surface area contributed by atoms with Crippen molar-refractivity contribution in [3.63, 3.8) is 0 Å². The summed E-state index contributed by atoms with van der Waals surface area (Å²) in [7, 11) is 1.76. The summed E-state index contributed by atoms with van der Waals surface area (Å²) in [6.07, 6.45) is 1.57. The van der Waals surface area contributed by atoms with Crippen LogP contribution >= 0.6 is 11.6 Å². The predicted molar refractivity (Wildman–Crippen MR) is 92.9 cm³/mol. The van der Waals surface area contributed by atoms with E-state index in [1.807, 2.05) is 6.07 Å². The number of nitrogens with one attached hydrogen (secondary N) is 2. The summed E-state index contributed by atoms with van der Waals surface area (Å²) in [6.45, 7) is 0.563. The molecule has 6 nitrogen and oxygen atoms in total. The fourth-order valence-corrected chi connectivity index (χ4v) is 3.15. The van der Waals surface area contributed by atoms with E-state index in [0.29, 0.717) is 33.9 Å². The van der Waals surface area contributed by atoms with Gasteiger partial charge in [0.2, 0.25) is 0 Å². The van der Waals surface area contributed by atoms with Crippen LogP contribution in [-0.4, -0.2) is 27.8 Å². The number of benzene rings is 1. The average Bonchev–Trinajstić information content (AvgIpc) is 2.81. The van der Waals surface area contributed by atoms with Gasteiger partial charge in [-0.1, -0.05) is 11.6 Å². The zero-order chi connectivity index (χ0) is 16.8. The van der Waals surface area contributed by atoms with Crippen LogP contribution in [0.5, 0.6) is 0 Å². The monoisotopic (exact) mass is 340 g/mol. The van der Waals surface area contributed by atoms with Crippen LogP contribution < -0.4 is 10.9 Å². The maximum atomic E-state index is 12.1. The standard InChI is InChI=1S/C17H13ClN4O2/c1-22-8-10-6-11(2-3-12(10)17(22)24)20-15-14-9(7-13(18)21-15)4-5-19-16(14)23/h2-7H,8H2,1H3,(H,19,23)(H,20,21). The van der Waals surface area contributed by atoms with Crippen molar-refractivity contribution in [3.8, 4) is 0 Å². The van der Waals surface area contributed by atoms with E-state index in [9.17, 15) is 9.59 Å². The van der Waals surface area contributed by atoms with E-state index in [0.717, 1.165) is 11.3 Å². The molecule has 2 N–H and O–H groups in total. The van der Waals surface area contributed by atoms with E-state index < -0.39 is 0 Å². The highest BCUT2D eigenvalue weighted by Gasteiger charge is 2.24. The molecule has 3 aromatic rings. The Morgan fingerprint density at radius 3 is 2.92 bits per heavy atom. The van der Waals surface area contributed by atoms with E-state index in [2.05, 4.69) is 15.3 Å². The molecule has 3 heterocycles. The summed E-state index contributed by atoms with van der Waals surface area (Å²) in [5.74, 6) is 0.399. The summed E-state index contributed by atoms with van der Waals surface area (Å²) in [4.78, 5) is 32.6. The molecule has 0 saturated heterocycles. The molecule has 1 aliphatic heterocycles. The summed E-state index contributed by atoms with van der Waals surface area (Å²) < 4.78 is 0. The average molecular weight is 341 g/mol. The molecule has 1 aliphatic rings. The van der Waals surface area contributed by atoms with Crippen LogP contribution in [0.1, 0.15) is 15.9 Å². The first-order valence-electron chi connectivity index (χ1n) is 7.36. The number of fused-ring (bicyclic) bond motifs is 2. The van der Waals surface area contributed by atoms with Gasteiger partial charge in [0.1, 0.15) is 11.0 Å². The van der Waals surface area contributed by atoms with Crippen LogP contribution in [0.25, 0.3) is 10.8 Å². The summed E-state index contributed by atoms with van der Waals surface area (Å²) in [6, 6.07) is 8.88. The summed E-state index contributed by atoms with van der Waals surface area (Å²) in [5.41, 5.74) is 2.14. The van der Waals surface area contributed by atoms with Gasteiger partial charge in [0.05, 0.1) is 5.39 Å². The number of anilines is 2. The second-order valence-electron chi connectivity index (χ2n) is 5.72. The third-order valence-corrected chi connectivity index (χ3v) is 4.27. The van der Waals surface area contributed by atoms with E-state index >= 15 is 0 Å². The first-order valence-corrected chi connectivity index (χ1v) is 7.74. The molecule has 0 fully saturated rings. The maximum Gasteiger partial charge on any atom is 0.259 e. The number of carbonyl (C=O) groups excluding carboxylic acids is 1. The highest BCUT2D eigenvalue weighted by molar-refractivity contribution is 6.30. The fourth-order valence-electron chi connectivity index (χ4n) is 2.95. The Labute approximate surface area is 142 Å². The molecule has 0 unspecified atom stereocenters. The lowest BCUT2D eigenvalue weighted by Gasteiger charge is -2.10. The lowest BCUT2D eigenvalue weighted by molar-refractivity contribution is 0.0816. The number of H-pyrrole nitrogens is 1. The Kier molecular flexibility index (Phi) is 3.28. The maximum absolute atomic E-state index is 12.1. The zero-order valence-corrected chi connectivity index (χ0v) is 13.5. The number of aromatic nitrogens is 2. The lowest BCUT2D eigenvalue weighted by Crippen LogP contribution is -2.17. The zero-order valence-electron chi connectivity index (χ0n) is 12.8. The van der Waals surface area contributed by atoms with Crippen molar-refractivity contribution in [1.29, 1.82) is 0 Å².